The molecular formula is C21H22O5. The number of hydrogen-bond donors (Lipinski definition) is 0. The van der Waals surface area contributed by atoms with Gasteiger partial charge in [-0.3, -0.25) is 0 Å². The van der Waals surface area contributed by atoms with Gasteiger partial charge in [0.1, 0.15) is 6.10 Å². The minimum atomic E-state index is -0.375. The summed E-state index contributed by atoms with van der Waals surface area (Å²) in [7, 11) is 4.65. The van der Waals surface area contributed by atoms with Crippen molar-refractivity contribution in [1.29, 1.82) is 0 Å². The number of esters is 1. The molecule has 0 saturated carbocycles. The second kappa shape index (κ2) is 7.95. The maximum atomic E-state index is 12.2. The molecule has 2 aromatic rings. The van der Waals surface area contributed by atoms with Gasteiger partial charge in [0.15, 0.2) is 11.5 Å². The average Bonchev–Trinajstić information content (AvgIpc) is 3.08. The van der Waals surface area contributed by atoms with Crippen molar-refractivity contribution in [2.24, 2.45) is 0 Å². The fraction of sp³-hybridized carbons (Fsp3) is 0.286. The zero-order valence-corrected chi connectivity index (χ0v) is 15.2. The van der Waals surface area contributed by atoms with Gasteiger partial charge < -0.3 is 18.9 Å². The first-order chi connectivity index (χ1) is 12.7. The van der Waals surface area contributed by atoms with E-state index in [9.17, 15) is 4.79 Å². The molecular weight excluding hydrogens is 332 g/mol. The molecule has 136 valence electrons. The molecule has 0 bridgehead atoms. The molecule has 0 amide bonds. The molecule has 26 heavy (non-hydrogen) atoms. The van der Waals surface area contributed by atoms with Crippen LogP contribution < -0.4 is 14.2 Å². The highest BCUT2D eigenvalue weighted by atomic mass is 16.5. The van der Waals surface area contributed by atoms with Crippen LogP contribution in [0.4, 0.5) is 0 Å². The fourth-order valence-electron chi connectivity index (χ4n) is 3.18. The molecule has 0 heterocycles. The van der Waals surface area contributed by atoms with Crippen LogP contribution in [0.25, 0.3) is 6.08 Å². The zero-order chi connectivity index (χ0) is 18.5. The normalized spacial score (nSPS) is 15.6. The number of benzene rings is 2. The molecule has 1 atom stereocenters. The third kappa shape index (κ3) is 3.67. The van der Waals surface area contributed by atoms with E-state index >= 15 is 0 Å². The van der Waals surface area contributed by atoms with Crippen LogP contribution in [0.5, 0.6) is 17.2 Å². The summed E-state index contributed by atoms with van der Waals surface area (Å²) < 4.78 is 21.5. The van der Waals surface area contributed by atoms with E-state index < -0.39 is 0 Å². The summed E-state index contributed by atoms with van der Waals surface area (Å²) in [4.78, 5) is 12.2. The van der Waals surface area contributed by atoms with Gasteiger partial charge in [-0.2, -0.15) is 0 Å². The summed E-state index contributed by atoms with van der Waals surface area (Å²) in [5.74, 6) is 1.20. The average molecular weight is 354 g/mol. The van der Waals surface area contributed by atoms with Gasteiger partial charge in [0.25, 0.3) is 0 Å². The summed E-state index contributed by atoms with van der Waals surface area (Å²) in [5, 5.41) is 0. The predicted octanol–water partition coefficient (Wildman–Crippen LogP) is 3.96. The van der Waals surface area contributed by atoms with Gasteiger partial charge in [-0.1, -0.05) is 24.3 Å². The van der Waals surface area contributed by atoms with Crippen molar-refractivity contribution in [3.8, 4) is 17.2 Å². The van der Waals surface area contributed by atoms with Crippen LogP contribution in [0, 0.1) is 0 Å². The van der Waals surface area contributed by atoms with Gasteiger partial charge in [-0.25, -0.2) is 4.79 Å². The number of ether oxygens (including phenoxy) is 4. The van der Waals surface area contributed by atoms with Crippen molar-refractivity contribution in [2.75, 3.05) is 21.3 Å². The van der Waals surface area contributed by atoms with Crippen LogP contribution in [0.3, 0.4) is 0 Å². The van der Waals surface area contributed by atoms with Crippen molar-refractivity contribution < 1.29 is 23.7 Å². The van der Waals surface area contributed by atoms with Crippen LogP contribution in [0.15, 0.2) is 42.5 Å². The molecule has 0 spiro atoms. The van der Waals surface area contributed by atoms with Crippen molar-refractivity contribution in [2.45, 2.75) is 18.9 Å². The molecule has 0 unspecified atom stereocenters. The number of carbonyl (C=O) groups excluding carboxylic acids is 1. The van der Waals surface area contributed by atoms with E-state index in [0.29, 0.717) is 17.2 Å². The number of rotatable bonds is 6. The maximum absolute atomic E-state index is 12.2. The first kappa shape index (κ1) is 17.9. The van der Waals surface area contributed by atoms with Crippen molar-refractivity contribution in [1.82, 2.24) is 0 Å². The number of hydrogen-bond acceptors (Lipinski definition) is 5. The summed E-state index contributed by atoms with van der Waals surface area (Å²) >= 11 is 0. The van der Waals surface area contributed by atoms with Gasteiger partial charge >= 0.3 is 5.97 Å². The molecule has 0 aliphatic heterocycles. The highest BCUT2D eigenvalue weighted by Crippen LogP contribution is 2.38. The minimum absolute atomic E-state index is 0.178. The van der Waals surface area contributed by atoms with Crippen molar-refractivity contribution >= 4 is 12.0 Å². The molecule has 1 aliphatic rings. The maximum Gasteiger partial charge on any atom is 0.331 e. The molecule has 3 rings (SSSR count). The van der Waals surface area contributed by atoms with Crippen LogP contribution in [0.2, 0.25) is 0 Å². The second-order valence-corrected chi connectivity index (χ2v) is 5.96. The van der Waals surface area contributed by atoms with Crippen molar-refractivity contribution in [3.05, 3.63) is 59.2 Å². The summed E-state index contributed by atoms with van der Waals surface area (Å²) in [6, 6.07) is 11.6. The smallest absolute Gasteiger partial charge is 0.331 e. The molecule has 0 radical (unpaired) electrons. The lowest BCUT2D eigenvalue weighted by atomic mass is 10.1. The van der Waals surface area contributed by atoms with Crippen LogP contribution in [-0.2, 0) is 16.0 Å². The highest BCUT2D eigenvalue weighted by Gasteiger charge is 2.24. The Labute approximate surface area is 153 Å². The van der Waals surface area contributed by atoms with Crippen molar-refractivity contribution in [3.63, 3.8) is 0 Å². The van der Waals surface area contributed by atoms with E-state index in [4.69, 9.17) is 18.9 Å². The molecule has 1 aliphatic carbocycles. The lowest BCUT2D eigenvalue weighted by Crippen LogP contribution is -2.06. The highest BCUT2D eigenvalue weighted by molar-refractivity contribution is 5.87. The predicted molar refractivity (Wildman–Crippen MR) is 98.7 cm³/mol. The third-order valence-corrected chi connectivity index (χ3v) is 4.44. The van der Waals surface area contributed by atoms with E-state index in [0.717, 1.165) is 24.0 Å². The first-order valence-electron chi connectivity index (χ1n) is 8.42. The molecule has 5 nitrogen and oxygen atoms in total. The standard InChI is InChI=1S/C21H22O5/c1-23-18-12-14(13-19(24-2)21(18)25-3)8-11-20(22)26-17-10-9-15-6-4-5-7-16(15)17/h4-8,11-13,17H,9-10H2,1-3H3/b11-8+/t17-/m1/s1. The Morgan fingerprint density at radius 2 is 1.73 bits per heavy atom. The van der Waals surface area contributed by atoms with Gasteiger partial charge in [0.2, 0.25) is 5.75 Å². The Morgan fingerprint density at radius 1 is 1.04 bits per heavy atom. The molecule has 0 saturated heterocycles. The van der Waals surface area contributed by atoms with E-state index in [2.05, 4.69) is 6.07 Å². The number of aryl methyl sites for hydroxylation is 1. The van der Waals surface area contributed by atoms with E-state index in [1.54, 1.807) is 39.5 Å². The topological polar surface area (TPSA) is 54.0 Å². The molecule has 5 heteroatoms. The molecule has 0 fully saturated rings. The molecule has 0 N–H and O–H groups in total. The second-order valence-electron chi connectivity index (χ2n) is 5.96. The van der Waals surface area contributed by atoms with Crippen LogP contribution in [-0.4, -0.2) is 27.3 Å². The third-order valence-electron chi connectivity index (χ3n) is 4.44. The molecule has 2 aromatic carbocycles. The first-order valence-corrected chi connectivity index (χ1v) is 8.42. The lowest BCUT2D eigenvalue weighted by molar-refractivity contribution is -0.143. The fourth-order valence-corrected chi connectivity index (χ4v) is 3.18. The summed E-state index contributed by atoms with van der Waals surface area (Å²) in [6.45, 7) is 0. The van der Waals surface area contributed by atoms with Crippen LogP contribution in [0.1, 0.15) is 29.2 Å². The van der Waals surface area contributed by atoms with Gasteiger partial charge in [0.05, 0.1) is 21.3 Å². The molecule has 0 aromatic heterocycles. The monoisotopic (exact) mass is 354 g/mol. The van der Waals surface area contributed by atoms with Gasteiger partial charge in [-0.05, 0) is 47.7 Å². The summed E-state index contributed by atoms with van der Waals surface area (Å²) in [5.41, 5.74) is 3.10. The Balaban J connectivity index is 1.73. The number of carbonyl (C=O) groups is 1. The van der Waals surface area contributed by atoms with E-state index in [-0.39, 0.29) is 12.1 Å². The summed E-state index contributed by atoms with van der Waals surface area (Å²) in [6.07, 6.45) is 4.67. The number of fused-ring (bicyclic) bond motifs is 1. The zero-order valence-electron chi connectivity index (χ0n) is 15.2. The largest absolute Gasteiger partial charge is 0.493 e. The Morgan fingerprint density at radius 3 is 2.38 bits per heavy atom. The lowest BCUT2D eigenvalue weighted by Gasteiger charge is -2.13. The Hall–Kier alpha value is -2.95. The quantitative estimate of drug-likeness (QED) is 0.581. The minimum Gasteiger partial charge on any atom is -0.493 e. The van der Waals surface area contributed by atoms with Gasteiger partial charge in [-0.15, -0.1) is 0 Å². The van der Waals surface area contributed by atoms with E-state index in [1.807, 2.05) is 18.2 Å². The number of methoxy groups -OCH3 is 3. The van der Waals surface area contributed by atoms with Gasteiger partial charge in [0, 0.05) is 6.08 Å². The Bertz CT molecular complexity index is 800. The van der Waals surface area contributed by atoms with E-state index in [1.165, 1.54) is 11.6 Å². The SMILES string of the molecule is COc1cc(/C=C/C(=O)O[C@@H]2CCc3ccccc32)cc(OC)c1OC. The van der Waals surface area contributed by atoms with Crippen LogP contribution >= 0.6 is 0 Å². The Kier molecular flexibility index (Phi) is 5.46.